The maximum absolute atomic E-state index is 13.1. The van der Waals surface area contributed by atoms with E-state index in [0.717, 1.165) is 15.8 Å². The molecule has 29 heavy (non-hydrogen) atoms. The zero-order chi connectivity index (χ0) is 20.8. The number of aromatic nitrogens is 1. The van der Waals surface area contributed by atoms with Crippen molar-refractivity contribution in [2.75, 3.05) is 6.54 Å². The van der Waals surface area contributed by atoms with Crippen LogP contribution in [-0.4, -0.2) is 35.8 Å². The Kier molecular flexibility index (Phi) is 5.37. The molecule has 0 bridgehead atoms. The number of benzene rings is 2. The fourth-order valence-electron chi connectivity index (χ4n) is 3.55. The van der Waals surface area contributed by atoms with Gasteiger partial charge in [0.15, 0.2) is 4.80 Å². The van der Waals surface area contributed by atoms with Crippen LogP contribution in [0.4, 0.5) is 0 Å². The molecule has 6 nitrogen and oxygen atoms in total. The van der Waals surface area contributed by atoms with Crippen molar-refractivity contribution in [1.29, 1.82) is 0 Å². The van der Waals surface area contributed by atoms with Gasteiger partial charge < -0.3 is 4.57 Å². The number of halogens is 1. The van der Waals surface area contributed by atoms with Crippen LogP contribution in [0.3, 0.4) is 0 Å². The van der Waals surface area contributed by atoms with E-state index in [-0.39, 0.29) is 4.90 Å². The van der Waals surface area contributed by atoms with Crippen molar-refractivity contribution >= 4 is 49.1 Å². The molecule has 0 saturated carbocycles. The van der Waals surface area contributed by atoms with Crippen LogP contribution in [0, 0.1) is 6.92 Å². The lowest BCUT2D eigenvalue weighted by molar-refractivity contribution is -0.121. The molecule has 0 N–H and O–H groups in total. The largest absolute Gasteiger partial charge is 0.318 e. The Hall–Kier alpha value is -2.00. The molecule has 1 aliphatic rings. The van der Waals surface area contributed by atoms with Gasteiger partial charge in [-0.05, 0) is 44.0 Å². The molecule has 1 fully saturated rings. The third-order valence-corrected chi connectivity index (χ3v) is 8.42. The van der Waals surface area contributed by atoms with Crippen LogP contribution in [0.1, 0.15) is 18.4 Å². The van der Waals surface area contributed by atoms with E-state index in [1.807, 2.05) is 19.1 Å². The molecule has 1 aromatic heterocycles. The first-order chi connectivity index (χ1) is 13.8. The first-order valence-corrected chi connectivity index (χ1v) is 11.8. The highest BCUT2D eigenvalue weighted by Crippen LogP contribution is 2.28. The number of sulfonamides is 1. The van der Waals surface area contributed by atoms with E-state index in [0.29, 0.717) is 29.2 Å². The van der Waals surface area contributed by atoms with Gasteiger partial charge >= 0.3 is 0 Å². The Bertz CT molecular complexity index is 1260. The van der Waals surface area contributed by atoms with E-state index in [4.69, 9.17) is 11.6 Å². The van der Waals surface area contributed by atoms with Crippen molar-refractivity contribution < 1.29 is 13.2 Å². The Labute approximate surface area is 178 Å². The molecule has 0 spiro atoms. The second-order valence-corrected chi connectivity index (χ2v) is 10.4. The summed E-state index contributed by atoms with van der Waals surface area (Å²) < 4.78 is 30.1. The predicted octanol–water partition coefficient (Wildman–Crippen LogP) is 3.48. The smallest absolute Gasteiger partial charge is 0.266 e. The molecular weight excluding hydrogens is 430 g/mol. The van der Waals surface area contributed by atoms with Gasteiger partial charge in [0.05, 0.1) is 20.1 Å². The third-order valence-electron chi connectivity index (χ3n) is 5.10. The highest BCUT2D eigenvalue weighted by Gasteiger charge is 2.39. The summed E-state index contributed by atoms with van der Waals surface area (Å²) in [4.78, 5) is 17.9. The van der Waals surface area contributed by atoms with Crippen LogP contribution < -0.4 is 4.80 Å². The molecule has 0 aliphatic carbocycles. The fraction of sp³-hybridized carbons (Fsp3) is 0.300. The van der Waals surface area contributed by atoms with Gasteiger partial charge in [-0.15, -0.1) is 0 Å². The molecule has 4 rings (SSSR count). The molecule has 2 heterocycles. The molecule has 1 saturated heterocycles. The van der Waals surface area contributed by atoms with Gasteiger partial charge in [-0.25, -0.2) is 8.42 Å². The number of hydrogen-bond donors (Lipinski definition) is 0. The van der Waals surface area contributed by atoms with Gasteiger partial charge in [0.2, 0.25) is 10.0 Å². The molecule has 0 radical (unpaired) electrons. The van der Waals surface area contributed by atoms with Crippen molar-refractivity contribution in [3.63, 3.8) is 0 Å². The summed E-state index contributed by atoms with van der Waals surface area (Å²) in [7, 11) is -1.96. The molecule has 1 atom stereocenters. The Balaban J connectivity index is 1.70. The zero-order valence-corrected chi connectivity index (χ0v) is 18.4. The minimum atomic E-state index is -3.76. The highest BCUT2D eigenvalue weighted by atomic mass is 35.5. The normalized spacial score (nSPS) is 18.6. The summed E-state index contributed by atoms with van der Waals surface area (Å²) >= 11 is 7.63. The lowest BCUT2D eigenvalue weighted by Crippen LogP contribution is -2.40. The minimum absolute atomic E-state index is 0.196. The number of nitrogens with zero attached hydrogens (tertiary/aromatic N) is 3. The highest BCUT2D eigenvalue weighted by molar-refractivity contribution is 7.89. The maximum Gasteiger partial charge on any atom is 0.266 e. The number of carbonyl (C=O) groups is 1. The van der Waals surface area contributed by atoms with E-state index in [9.17, 15) is 13.2 Å². The molecule has 3 aromatic rings. The van der Waals surface area contributed by atoms with E-state index in [1.165, 1.54) is 15.6 Å². The summed E-state index contributed by atoms with van der Waals surface area (Å²) in [5.74, 6) is -0.448. The van der Waals surface area contributed by atoms with Crippen LogP contribution in [0.25, 0.3) is 10.2 Å². The number of aryl methyl sites for hydroxylation is 2. The van der Waals surface area contributed by atoms with Crippen molar-refractivity contribution in [1.82, 2.24) is 8.87 Å². The molecule has 1 amide bonds. The summed E-state index contributed by atoms with van der Waals surface area (Å²) in [6.07, 6.45) is 1.09. The summed E-state index contributed by atoms with van der Waals surface area (Å²) in [5.41, 5.74) is 1.78. The number of fused-ring (bicyclic) bond motifs is 1. The van der Waals surface area contributed by atoms with Gasteiger partial charge in [-0.2, -0.15) is 9.30 Å². The van der Waals surface area contributed by atoms with Gasteiger partial charge in [0.25, 0.3) is 5.91 Å². The Morgan fingerprint density at radius 3 is 2.62 bits per heavy atom. The molecule has 1 aliphatic heterocycles. The lowest BCUT2D eigenvalue weighted by Gasteiger charge is -2.21. The van der Waals surface area contributed by atoms with Crippen molar-refractivity contribution in [2.24, 2.45) is 12.0 Å². The first-order valence-electron chi connectivity index (χ1n) is 9.20. The van der Waals surface area contributed by atoms with E-state index in [2.05, 4.69) is 4.99 Å². The lowest BCUT2D eigenvalue weighted by atomic mass is 10.2. The monoisotopic (exact) mass is 449 g/mol. The van der Waals surface area contributed by atoms with E-state index in [1.54, 1.807) is 41.9 Å². The van der Waals surface area contributed by atoms with Gasteiger partial charge in [-0.1, -0.05) is 46.7 Å². The molecular formula is C20H20ClN3O3S2. The van der Waals surface area contributed by atoms with Crippen LogP contribution >= 0.6 is 22.9 Å². The molecule has 152 valence electrons. The van der Waals surface area contributed by atoms with Crippen LogP contribution in [-0.2, 0) is 21.9 Å². The summed E-state index contributed by atoms with van der Waals surface area (Å²) in [6, 6.07) is 11.4. The third kappa shape index (κ3) is 3.66. The second-order valence-electron chi connectivity index (χ2n) is 7.07. The summed E-state index contributed by atoms with van der Waals surface area (Å²) in [6.45, 7) is 2.21. The molecule has 9 heteroatoms. The molecule has 1 unspecified atom stereocenters. The number of para-hydroxylation sites is 1. The topological polar surface area (TPSA) is 71.7 Å². The van der Waals surface area contributed by atoms with Crippen LogP contribution in [0.5, 0.6) is 0 Å². The summed E-state index contributed by atoms with van der Waals surface area (Å²) in [5, 5.41) is 0.583. The second kappa shape index (κ2) is 7.68. The fourth-order valence-corrected chi connectivity index (χ4v) is 6.61. The number of thiazole rings is 1. The number of carbonyl (C=O) groups excluding carboxylic acids is 1. The quantitative estimate of drug-likeness (QED) is 0.614. The van der Waals surface area contributed by atoms with Gasteiger partial charge in [-0.3, -0.25) is 4.79 Å². The number of rotatable bonds is 3. The first kappa shape index (κ1) is 20.3. The minimum Gasteiger partial charge on any atom is -0.318 e. The Morgan fingerprint density at radius 1 is 1.21 bits per heavy atom. The predicted molar refractivity (Wildman–Crippen MR) is 114 cm³/mol. The van der Waals surface area contributed by atoms with Crippen molar-refractivity contribution in [3.8, 4) is 0 Å². The Morgan fingerprint density at radius 2 is 1.93 bits per heavy atom. The SMILES string of the molecule is Cc1ccc(S(=O)(=O)N2CCCC2C(=O)N=c2sc3cccc(Cl)c3n2C)cc1. The van der Waals surface area contributed by atoms with Gasteiger partial charge in [0, 0.05) is 13.6 Å². The van der Waals surface area contributed by atoms with E-state index < -0.39 is 22.0 Å². The van der Waals surface area contributed by atoms with Crippen LogP contribution in [0.15, 0.2) is 52.4 Å². The van der Waals surface area contributed by atoms with Crippen molar-refractivity contribution in [3.05, 3.63) is 57.9 Å². The average molecular weight is 450 g/mol. The number of hydrogen-bond acceptors (Lipinski definition) is 4. The molecule has 2 aromatic carbocycles. The standard InChI is InChI=1S/C20H20ClN3O3S2/c1-13-8-10-14(11-9-13)29(26,27)24-12-4-6-16(24)19(25)22-20-23(2)18-15(21)5-3-7-17(18)28-20/h3,5,7-11,16H,4,6,12H2,1-2H3. The van der Waals surface area contributed by atoms with Gasteiger partial charge in [0.1, 0.15) is 6.04 Å². The van der Waals surface area contributed by atoms with Crippen molar-refractivity contribution in [2.45, 2.75) is 30.7 Å². The zero-order valence-electron chi connectivity index (χ0n) is 16.0. The average Bonchev–Trinajstić information content (AvgIpc) is 3.29. The number of amides is 1. The maximum atomic E-state index is 13.1. The van der Waals surface area contributed by atoms with E-state index >= 15 is 0 Å². The van der Waals surface area contributed by atoms with Crippen LogP contribution in [0.2, 0.25) is 5.02 Å².